The van der Waals surface area contributed by atoms with E-state index in [1.165, 1.54) is 12.1 Å². The van der Waals surface area contributed by atoms with Crippen LogP contribution in [0.1, 0.15) is 15.9 Å². The highest BCUT2D eigenvalue weighted by atomic mass is 35.5. The average Bonchev–Trinajstić information content (AvgIpc) is 3.14. The van der Waals surface area contributed by atoms with Crippen LogP contribution in [0.5, 0.6) is 0 Å². The number of piperazine rings is 1. The van der Waals surface area contributed by atoms with Crippen LogP contribution in [0.15, 0.2) is 42.5 Å². The fraction of sp³-hybridized carbons (Fsp3) is 0.273. The van der Waals surface area contributed by atoms with Gasteiger partial charge in [0.2, 0.25) is 5.91 Å². The summed E-state index contributed by atoms with van der Waals surface area (Å²) >= 11 is 11.3. The van der Waals surface area contributed by atoms with E-state index in [0.717, 1.165) is 17.2 Å². The predicted molar refractivity (Wildman–Crippen MR) is 121 cm³/mol. The highest BCUT2D eigenvalue weighted by Crippen LogP contribution is 2.21. The minimum Gasteiger partial charge on any atom is -0.338 e. The molecule has 2 amide bonds. The molecular weight excluding hydrogens is 453 g/mol. The fourth-order valence-corrected chi connectivity index (χ4v) is 4.06. The van der Waals surface area contributed by atoms with Crippen molar-refractivity contribution >= 4 is 35.6 Å². The number of nitrogens with one attached hydrogen (secondary N) is 1. The maximum absolute atomic E-state index is 13.3. The van der Waals surface area contributed by atoms with Crippen molar-refractivity contribution in [1.82, 2.24) is 24.6 Å². The number of nitrogens with zero attached hydrogens (tertiary/aromatic N) is 4. The Kier molecular flexibility index (Phi) is 6.38. The number of aromatic nitrogens is 3. The SMILES string of the molecule is Cc1ccc(-c2n[nH]c(=S)n2CC(=O)N2CCN(C(=O)c3ccc(F)cc3Cl)CC2)cc1. The molecule has 1 aliphatic rings. The number of carbonyl (C=O) groups excluding carboxylic acids is 2. The molecule has 0 bridgehead atoms. The first-order valence-electron chi connectivity index (χ1n) is 10.1. The first-order chi connectivity index (χ1) is 15.3. The van der Waals surface area contributed by atoms with Gasteiger partial charge in [-0.2, -0.15) is 5.10 Å². The van der Waals surface area contributed by atoms with Crippen LogP contribution in [0.4, 0.5) is 4.39 Å². The third-order valence-corrected chi connectivity index (χ3v) is 6.07. The summed E-state index contributed by atoms with van der Waals surface area (Å²) in [5, 5.41) is 7.12. The molecule has 1 fully saturated rings. The Labute approximate surface area is 194 Å². The third-order valence-electron chi connectivity index (χ3n) is 5.44. The number of H-pyrrole nitrogens is 1. The van der Waals surface area contributed by atoms with E-state index in [4.69, 9.17) is 23.8 Å². The molecule has 0 aliphatic carbocycles. The molecule has 0 unspecified atom stereocenters. The molecule has 1 aromatic heterocycles. The number of hydrogen-bond donors (Lipinski definition) is 1. The predicted octanol–water partition coefficient (Wildman–Crippen LogP) is 3.69. The van der Waals surface area contributed by atoms with Crippen molar-refractivity contribution in [2.75, 3.05) is 26.2 Å². The van der Waals surface area contributed by atoms with Crippen LogP contribution >= 0.6 is 23.8 Å². The Morgan fingerprint density at radius 2 is 1.75 bits per heavy atom. The Bertz CT molecular complexity index is 1220. The van der Waals surface area contributed by atoms with E-state index >= 15 is 0 Å². The van der Waals surface area contributed by atoms with Gasteiger partial charge < -0.3 is 9.80 Å². The van der Waals surface area contributed by atoms with E-state index in [1.54, 1.807) is 14.4 Å². The zero-order valence-corrected chi connectivity index (χ0v) is 18.9. The minimum atomic E-state index is -0.496. The van der Waals surface area contributed by atoms with Gasteiger partial charge in [-0.15, -0.1) is 0 Å². The molecule has 7 nitrogen and oxygen atoms in total. The summed E-state index contributed by atoms with van der Waals surface area (Å²) in [5.41, 5.74) is 2.24. The lowest BCUT2D eigenvalue weighted by Crippen LogP contribution is -2.51. The van der Waals surface area contributed by atoms with Crippen molar-refractivity contribution in [3.05, 3.63) is 69.2 Å². The fourth-order valence-electron chi connectivity index (χ4n) is 3.61. The summed E-state index contributed by atoms with van der Waals surface area (Å²) in [4.78, 5) is 29.0. The van der Waals surface area contributed by atoms with E-state index in [9.17, 15) is 14.0 Å². The van der Waals surface area contributed by atoms with Crippen molar-refractivity contribution in [2.45, 2.75) is 13.5 Å². The highest BCUT2D eigenvalue weighted by Gasteiger charge is 2.26. The summed E-state index contributed by atoms with van der Waals surface area (Å²) in [6, 6.07) is 11.5. The number of aryl methyl sites for hydroxylation is 1. The van der Waals surface area contributed by atoms with Gasteiger partial charge in [0.05, 0.1) is 10.6 Å². The molecule has 10 heteroatoms. The molecule has 3 aromatic rings. The average molecular weight is 474 g/mol. The van der Waals surface area contributed by atoms with E-state index in [-0.39, 0.29) is 28.9 Å². The molecule has 32 heavy (non-hydrogen) atoms. The summed E-state index contributed by atoms with van der Waals surface area (Å²) in [5.74, 6) is -0.281. The van der Waals surface area contributed by atoms with Gasteiger partial charge in [-0.3, -0.25) is 19.3 Å². The lowest BCUT2D eigenvalue weighted by atomic mass is 10.1. The molecule has 0 spiro atoms. The van der Waals surface area contributed by atoms with Gasteiger partial charge in [-0.1, -0.05) is 41.4 Å². The van der Waals surface area contributed by atoms with Crippen LogP contribution in [0, 0.1) is 17.5 Å². The molecule has 2 heterocycles. The second-order valence-corrected chi connectivity index (χ2v) is 8.40. The second kappa shape index (κ2) is 9.22. The Morgan fingerprint density at radius 1 is 1.09 bits per heavy atom. The zero-order valence-electron chi connectivity index (χ0n) is 17.3. The first kappa shape index (κ1) is 22.2. The smallest absolute Gasteiger partial charge is 0.255 e. The van der Waals surface area contributed by atoms with Gasteiger partial charge in [-0.05, 0) is 37.3 Å². The van der Waals surface area contributed by atoms with Crippen molar-refractivity contribution < 1.29 is 14.0 Å². The molecule has 2 aromatic carbocycles. The number of amides is 2. The van der Waals surface area contributed by atoms with E-state index in [0.29, 0.717) is 36.8 Å². The van der Waals surface area contributed by atoms with Crippen LogP contribution < -0.4 is 0 Å². The molecule has 1 saturated heterocycles. The Morgan fingerprint density at radius 3 is 2.41 bits per heavy atom. The summed E-state index contributed by atoms with van der Waals surface area (Å²) in [6.45, 7) is 3.54. The number of rotatable bonds is 4. The van der Waals surface area contributed by atoms with Crippen LogP contribution in [-0.2, 0) is 11.3 Å². The van der Waals surface area contributed by atoms with E-state index in [1.807, 2.05) is 31.2 Å². The lowest BCUT2D eigenvalue weighted by Gasteiger charge is -2.35. The van der Waals surface area contributed by atoms with Crippen LogP contribution in [0.3, 0.4) is 0 Å². The van der Waals surface area contributed by atoms with Gasteiger partial charge >= 0.3 is 0 Å². The number of hydrogen-bond acceptors (Lipinski definition) is 4. The maximum Gasteiger partial charge on any atom is 0.255 e. The van der Waals surface area contributed by atoms with Gasteiger partial charge in [0.15, 0.2) is 10.6 Å². The van der Waals surface area contributed by atoms with E-state index < -0.39 is 5.82 Å². The quantitative estimate of drug-likeness (QED) is 0.586. The van der Waals surface area contributed by atoms with Crippen LogP contribution in [0.25, 0.3) is 11.4 Å². The molecule has 1 aliphatic heterocycles. The number of halogens is 2. The Hall–Kier alpha value is -3.04. The topological polar surface area (TPSA) is 74.2 Å². The second-order valence-electron chi connectivity index (χ2n) is 7.60. The minimum absolute atomic E-state index is 0.0519. The molecule has 0 saturated carbocycles. The van der Waals surface area contributed by atoms with Gasteiger partial charge in [0.1, 0.15) is 12.4 Å². The molecule has 166 valence electrons. The summed E-state index contributed by atoms with van der Waals surface area (Å²) < 4.78 is 15.3. The van der Waals surface area contributed by atoms with Gasteiger partial charge in [-0.25, -0.2) is 4.39 Å². The molecule has 0 atom stereocenters. The Balaban J connectivity index is 1.41. The van der Waals surface area contributed by atoms with Crippen LogP contribution in [-0.4, -0.2) is 62.6 Å². The number of benzene rings is 2. The van der Waals surface area contributed by atoms with Crippen molar-refractivity contribution in [1.29, 1.82) is 0 Å². The largest absolute Gasteiger partial charge is 0.338 e. The number of aromatic amines is 1. The molecule has 4 rings (SSSR count). The highest BCUT2D eigenvalue weighted by molar-refractivity contribution is 7.71. The maximum atomic E-state index is 13.3. The van der Waals surface area contributed by atoms with Crippen LogP contribution in [0.2, 0.25) is 5.02 Å². The van der Waals surface area contributed by atoms with E-state index in [2.05, 4.69) is 10.2 Å². The standard InChI is InChI=1S/C22H21ClFN5O2S/c1-14-2-4-15(5-3-14)20-25-26-22(32)29(20)13-19(30)27-8-10-28(11-9-27)21(31)17-7-6-16(24)12-18(17)23/h2-7,12H,8-11,13H2,1H3,(H,26,32). The van der Waals surface area contributed by atoms with Crippen molar-refractivity contribution in [3.63, 3.8) is 0 Å². The lowest BCUT2D eigenvalue weighted by molar-refractivity contribution is -0.133. The monoisotopic (exact) mass is 473 g/mol. The van der Waals surface area contributed by atoms with Crippen molar-refractivity contribution in [3.8, 4) is 11.4 Å². The first-order valence-corrected chi connectivity index (χ1v) is 10.9. The molecule has 0 radical (unpaired) electrons. The molecular formula is C22H21ClFN5O2S. The van der Waals surface area contributed by atoms with Gasteiger partial charge in [0, 0.05) is 31.7 Å². The summed E-state index contributed by atoms with van der Waals surface area (Å²) in [6.07, 6.45) is 0. The number of carbonyl (C=O) groups is 2. The summed E-state index contributed by atoms with van der Waals surface area (Å²) in [7, 11) is 0. The van der Waals surface area contributed by atoms with Gasteiger partial charge in [0.25, 0.3) is 5.91 Å². The van der Waals surface area contributed by atoms with Crippen molar-refractivity contribution in [2.24, 2.45) is 0 Å². The molecule has 1 N–H and O–H groups in total. The third kappa shape index (κ3) is 4.58. The zero-order chi connectivity index (χ0) is 22.8. The normalized spacial score (nSPS) is 14.0.